The van der Waals surface area contributed by atoms with E-state index in [1.54, 1.807) is 13.3 Å². The minimum atomic E-state index is -0.138. The highest BCUT2D eigenvalue weighted by Crippen LogP contribution is 2.23. The fourth-order valence-corrected chi connectivity index (χ4v) is 1.52. The Labute approximate surface area is 97.8 Å². The normalized spacial score (nSPS) is 12.5. The molecule has 0 saturated carbocycles. The first kappa shape index (κ1) is 12.4. The van der Waals surface area contributed by atoms with Crippen molar-refractivity contribution in [3.05, 3.63) is 22.3 Å². The molecule has 0 saturated heterocycles. The van der Waals surface area contributed by atoms with Crippen LogP contribution in [-0.4, -0.2) is 36.5 Å². The van der Waals surface area contributed by atoms with E-state index >= 15 is 0 Å². The van der Waals surface area contributed by atoms with Crippen LogP contribution >= 0.6 is 15.9 Å². The summed E-state index contributed by atoms with van der Waals surface area (Å²) >= 11 is 3.44. The van der Waals surface area contributed by atoms with Crippen LogP contribution in [0.1, 0.15) is 5.56 Å². The molecule has 0 radical (unpaired) electrons. The lowest BCUT2D eigenvalue weighted by Crippen LogP contribution is -2.29. The average molecular weight is 275 g/mol. The third-order valence-electron chi connectivity index (χ3n) is 2.01. The molecule has 1 atom stereocenters. The molecule has 1 unspecified atom stereocenters. The molecule has 0 fully saturated rings. The number of hydrogen-bond donors (Lipinski definition) is 2. The molecule has 0 aliphatic heterocycles. The smallest absolute Gasteiger partial charge is 0.140 e. The molecule has 0 bridgehead atoms. The Balaban J connectivity index is 2.74. The molecule has 84 valence electrons. The van der Waals surface area contributed by atoms with Crippen molar-refractivity contribution in [3.63, 3.8) is 0 Å². The van der Waals surface area contributed by atoms with Crippen LogP contribution in [0, 0.1) is 6.92 Å². The van der Waals surface area contributed by atoms with Crippen LogP contribution in [0.5, 0.6) is 0 Å². The number of aromatic nitrogens is 1. The van der Waals surface area contributed by atoms with Gasteiger partial charge in [-0.05, 0) is 34.5 Å². The molecule has 0 aromatic carbocycles. The predicted molar refractivity (Wildman–Crippen MR) is 63.0 cm³/mol. The number of ether oxygens (including phenoxy) is 1. The summed E-state index contributed by atoms with van der Waals surface area (Å²) < 4.78 is 5.89. The Morgan fingerprint density at radius 3 is 3.00 bits per heavy atom. The van der Waals surface area contributed by atoms with Crippen LogP contribution in [0.2, 0.25) is 0 Å². The highest BCUT2D eigenvalue weighted by atomic mass is 79.9. The third kappa shape index (κ3) is 3.44. The van der Waals surface area contributed by atoms with E-state index in [0.717, 1.165) is 15.9 Å². The molecular weight excluding hydrogens is 260 g/mol. The predicted octanol–water partition coefficient (Wildman–Crippen LogP) is 1.57. The molecule has 1 aromatic rings. The van der Waals surface area contributed by atoms with Gasteiger partial charge in [-0.15, -0.1) is 0 Å². The zero-order valence-corrected chi connectivity index (χ0v) is 10.4. The Kier molecular flexibility index (Phi) is 5.01. The molecule has 5 heteroatoms. The van der Waals surface area contributed by atoms with E-state index in [4.69, 9.17) is 9.84 Å². The summed E-state index contributed by atoms with van der Waals surface area (Å²) in [6.07, 6.45) is 1.73. The van der Waals surface area contributed by atoms with E-state index in [2.05, 4.69) is 26.2 Å². The summed E-state index contributed by atoms with van der Waals surface area (Å²) in [4.78, 5) is 4.18. The van der Waals surface area contributed by atoms with Gasteiger partial charge in [0.2, 0.25) is 0 Å². The topological polar surface area (TPSA) is 54.4 Å². The second-order valence-electron chi connectivity index (χ2n) is 3.27. The maximum absolute atomic E-state index is 9.09. The molecule has 0 aliphatic carbocycles. The molecule has 1 heterocycles. The van der Waals surface area contributed by atoms with Crippen LogP contribution in [0.3, 0.4) is 0 Å². The van der Waals surface area contributed by atoms with Crippen LogP contribution < -0.4 is 5.32 Å². The zero-order valence-electron chi connectivity index (χ0n) is 8.83. The number of aliphatic hydroxyl groups excluding tert-OH is 1. The van der Waals surface area contributed by atoms with Crippen LogP contribution in [0.25, 0.3) is 0 Å². The number of hydrogen-bond acceptors (Lipinski definition) is 4. The molecule has 4 nitrogen and oxygen atoms in total. The molecule has 2 N–H and O–H groups in total. The van der Waals surface area contributed by atoms with Crippen LogP contribution in [0.4, 0.5) is 5.82 Å². The fraction of sp³-hybridized carbons (Fsp3) is 0.500. The second kappa shape index (κ2) is 6.05. The van der Waals surface area contributed by atoms with Gasteiger partial charge in [-0.1, -0.05) is 0 Å². The Morgan fingerprint density at radius 1 is 1.67 bits per heavy atom. The Hall–Kier alpha value is -0.650. The van der Waals surface area contributed by atoms with Gasteiger partial charge in [0.1, 0.15) is 5.82 Å². The summed E-state index contributed by atoms with van der Waals surface area (Å²) in [5.74, 6) is 0.728. The van der Waals surface area contributed by atoms with Crippen LogP contribution in [0.15, 0.2) is 16.7 Å². The third-order valence-corrected chi connectivity index (χ3v) is 3.01. The zero-order chi connectivity index (χ0) is 11.3. The van der Waals surface area contributed by atoms with Crippen molar-refractivity contribution in [2.45, 2.75) is 13.0 Å². The van der Waals surface area contributed by atoms with Crippen LogP contribution in [-0.2, 0) is 4.74 Å². The second-order valence-corrected chi connectivity index (χ2v) is 4.06. The maximum atomic E-state index is 9.09. The number of nitrogens with one attached hydrogen (secondary N) is 1. The van der Waals surface area contributed by atoms with Crippen molar-refractivity contribution in [3.8, 4) is 0 Å². The van der Waals surface area contributed by atoms with E-state index in [9.17, 15) is 0 Å². The van der Waals surface area contributed by atoms with E-state index < -0.39 is 0 Å². The largest absolute Gasteiger partial charge is 0.394 e. The highest BCUT2D eigenvalue weighted by molar-refractivity contribution is 9.10. The summed E-state index contributed by atoms with van der Waals surface area (Å²) in [5, 5.41) is 12.2. The minimum absolute atomic E-state index is 0.00982. The van der Waals surface area contributed by atoms with E-state index in [-0.39, 0.29) is 12.6 Å². The van der Waals surface area contributed by atoms with E-state index in [1.165, 1.54) is 0 Å². The van der Waals surface area contributed by atoms with Crippen molar-refractivity contribution in [1.29, 1.82) is 0 Å². The number of nitrogens with zero attached hydrogens (tertiary/aromatic N) is 1. The summed E-state index contributed by atoms with van der Waals surface area (Å²) in [7, 11) is 1.60. The number of halogens is 1. The van der Waals surface area contributed by atoms with Crippen molar-refractivity contribution >= 4 is 21.7 Å². The lowest BCUT2D eigenvalue weighted by Gasteiger charge is -2.17. The quantitative estimate of drug-likeness (QED) is 0.856. The van der Waals surface area contributed by atoms with Gasteiger partial charge in [0.25, 0.3) is 0 Å². The maximum Gasteiger partial charge on any atom is 0.140 e. The van der Waals surface area contributed by atoms with Gasteiger partial charge >= 0.3 is 0 Å². The van der Waals surface area contributed by atoms with Gasteiger partial charge in [-0.3, -0.25) is 0 Å². The molecule has 0 aliphatic rings. The van der Waals surface area contributed by atoms with Gasteiger partial charge in [0.05, 0.1) is 23.7 Å². The standard InChI is InChI=1S/C10H15BrN2O2/c1-7-3-4-12-10(9(7)11)13-8(5-14)6-15-2/h3-4,8,14H,5-6H2,1-2H3,(H,12,13). The van der Waals surface area contributed by atoms with Crippen molar-refractivity contribution < 1.29 is 9.84 Å². The fourth-order valence-electron chi connectivity index (χ4n) is 1.18. The van der Waals surface area contributed by atoms with Gasteiger partial charge in [0.15, 0.2) is 0 Å². The van der Waals surface area contributed by atoms with Gasteiger partial charge in [-0.25, -0.2) is 4.98 Å². The molecule has 1 rings (SSSR count). The summed E-state index contributed by atoms with van der Waals surface area (Å²) in [5.41, 5.74) is 1.10. The number of aliphatic hydroxyl groups is 1. The Morgan fingerprint density at radius 2 is 2.40 bits per heavy atom. The van der Waals surface area contributed by atoms with Crippen molar-refractivity contribution in [2.24, 2.45) is 0 Å². The number of aryl methyl sites for hydroxylation is 1. The average Bonchev–Trinajstić information content (AvgIpc) is 2.24. The lowest BCUT2D eigenvalue weighted by atomic mass is 10.2. The first-order valence-corrected chi connectivity index (χ1v) is 5.45. The Bertz CT molecular complexity index is 320. The molecule has 0 amide bonds. The first-order chi connectivity index (χ1) is 7.19. The first-order valence-electron chi connectivity index (χ1n) is 4.66. The number of pyridine rings is 1. The summed E-state index contributed by atoms with van der Waals surface area (Å²) in [6, 6.07) is 1.78. The minimum Gasteiger partial charge on any atom is -0.394 e. The van der Waals surface area contributed by atoms with E-state index in [1.807, 2.05) is 13.0 Å². The van der Waals surface area contributed by atoms with Crippen molar-refractivity contribution in [1.82, 2.24) is 4.98 Å². The number of methoxy groups -OCH3 is 1. The lowest BCUT2D eigenvalue weighted by molar-refractivity contribution is 0.153. The summed E-state index contributed by atoms with van der Waals surface area (Å²) in [6.45, 7) is 2.44. The SMILES string of the molecule is COCC(CO)Nc1nccc(C)c1Br. The molecule has 0 spiro atoms. The monoisotopic (exact) mass is 274 g/mol. The number of anilines is 1. The molecule has 1 aromatic heterocycles. The van der Waals surface area contributed by atoms with Gasteiger partial charge in [0, 0.05) is 13.3 Å². The highest BCUT2D eigenvalue weighted by Gasteiger charge is 2.10. The van der Waals surface area contributed by atoms with E-state index in [0.29, 0.717) is 6.61 Å². The van der Waals surface area contributed by atoms with Gasteiger partial charge in [-0.2, -0.15) is 0 Å². The van der Waals surface area contributed by atoms with Gasteiger partial charge < -0.3 is 15.2 Å². The molecule has 15 heavy (non-hydrogen) atoms. The van der Waals surface area contributed by atoms with Crippen molar-refractivity contribution in [2.75, 3.05) is 25.6 Å². The molecular formula is C10H15BrN2O2. The number of rotatable bonds is 5.